The summed E-state index contributed by atoms with van der Waals surface area (Å²) in [6, 6.07) is 6.59. The minimum Gasteiger partial charge on any atom is -0.351 e. The van der Waals surface area contributed by atoms with E-state index in [4.69, 9.17) is 0 Å². The monoisotopic (exact) mass is 259 g/mol. The molecule has 104 valence electrons. The predicted octanol–water partition coefficient (Wildman–Crippen LogP) is 3.74. The van der Waals surface area contributed by atoms with Crippen LogP contribution in [0.2, 0.25) is 0 Å². The van der Waals surface area contributed by atoms with Crippen LogP contribution in [0.5, 0.6) is 0 Å². The van der Waals surface area contributed by atoms with Crippen molar-refractivity contribution in [3.63, 3.8) is 0 Å². The number of amides is 1. The van der Waals surface area contributed by atoms with Gasteiger partial charge in [0, 0.05) is 6.54 Å². The molecule has 1 unspecified atom stereocenters. The van der Waals surface area contributed by atoms with E-state index in [-0.39, 0.29) is 22.7 Å². The van der Waals surface area contributed by atoms with Gasteiger partial charge < -0.3 is 5.32 Å². The maximum atomic E-state index is 12.2. The van der Waals surface area contributed by atoms with Gasteiger partial charge in [-0.05, 0) is 27.5 Å². The molecular formula is C17H25NO. The van der Waals surface area contributed by atoms with Crippen LogP contribution in [0.25, 0.3) is 0 Å². The van der Waals surface area contributed by atoms with Gasteiger partial charge in [-0.15, -0.1) is 0 Å². The third-order valence-electron chi connectivity index (χ3n) is 3.90. The quantitative estimate of drug-likeness (QED) is 0.755. The highest BCUT2D eigenvalue weighted by Crippen LogP contribution is 2.40. The fourth-order valence-electron chi connectivity index (χ4n) is 2.79. The molecule has 2 nitrogen and oxygen atoms in total. The molecule has 19 heavy (non-hydrogen) atoms. The molecule has 0 bridgehead atoms. The van der Waals surface area contributed by atoms with Gasteiger partial charge in [0.05, 0.1) is 5.92 Å². The second kappa shape index (κ2) is 4.36. The van der Waals surface area contributed by atoms with Gasteiger partial charge in [0.15, 0.2) is 0 Å². The zero-order chi connectivity index (χ0) is 14.4. The summed E-state index contributed by atoms with van der Waals surface area (Å²) >= 11 is 0. The highest BCUT2D eigenvalue weighted by molar-refractivity contribution is 5.86. The minimum absolute atomic E-state index is 0.0507. The molecule has 1 atom stereocenters. The van der Waals surface area contributed by atoms with E-state index >= 15 is 0 Å². The number of hydrogen-bond donors (Lipinski definition) is 1. The van der Waals surface area contributed by atoms with Gasteiger partial charge in [0.25, 0.3) is 0 Å². The van der Waals surface area contributed by atoms with Gasteiger partial charge in [-0.2, -0.15) is 0 Å². The molecule has 0 aliphatic carbocycles. The fourth-order valence-corrected chi connectivity index (χ4v) is 2.79. The lowest BCUT2D eigenvalue weighted by atomic mass is 9.72. The van der Waals surface area contributed by atoms with E-state index in [0.717, 1.165) is 0 Å². The van der Waals surface area contributed by atoms with Crippen molar-refractivity contribution >= 4 is 5.91 Å². The predicted molar refractivity (Wildman–Crippen MR) is 79.2 cm³/mol. The van der Waals surface area contributed by atoms with E-state index in [2.05, 4.69) is 65.1 Å². The number of benzene rings is 1. The van der Waals surface area contributed by atoms with Gasteiger partial charge in [0.1, 0.15) is 0 Å². The lowest BCUT2D eigenvalue weighted by molar-refractivity contribution is -0.125. The van der Waals surface area contributed by atoms with Gasteiger partial charge in [-0.25, -0.2) is 0 Å². The molecule has 1 aliphatic heterocycles. The largest absolute Gasteiger partial charge is 0.351 e. The molecule has 1 amide bonds. The SMILES string of the molecule is CC(C)(C)c1ccc2c(c1)CNC(=O)C2C(C)(C)C. The van der Waals surface area contributed by atoms with Crippen molar-refractivity contribution in [1.29, 1.82) is 0 Å². The highest BCUT2D eigenvalue weighted by Gasteiger charge is 2.37. The minimum atomic E-state index is -0.0531. The van der Waals surface area contributed by atoms with Crippen LogP contribution in [0.4, 0.5) is 0 Å². The molecule has 2 rings (SSSR count). The van der Waals surface area contributed by atoms with Crippen LogP contribution in [-0.4, -0.2) is 5.91 Å². The first-order valence-electron chi connectivity index (χ1n) is 7.02. The summed E-state index contributed by atoms with van der Waals surface area (Å²) in [6.07, 6.45) is 0. The van der Waals surface area contributed by atoms with Crippen molar-refractivity contribution < 1.29 is 4.79 Å². The molecule has 1 heterocycles. The Labute approximate surface area is 116 Å². The second-order valence-corrected chi connectivity index (χ2v) is 7.68. The first kappa shape index (κ1) is 14.1. The van der Waals surface area contributed by atoms with Gasteiger partial charge >= 0.3 is 0 Å². The van der Waals surface area contributed by atoms with E-state index in [0.29, 0.717) is 6.54 Å². The summed E-state index contributed by atoms with van der Waals surface area (Å²) in [7, 11) is 0. The molecule has 0 radical (unpaired) electrons. The third kappa shape index (κ3) is 2.68. The molecule has 1 aromatic carbocycles. The summed E-state index contributed by atoms with van der Waals surface area (Å²) in [5.41, 5.74) is 3.89. The Morgan fingerprint density at radius 2 is 1.74 bits per heavy atom. The van der Waals surface area contributed by atoms with E-state index in [1.165, 1.54) is 16.7 Å². The summed E-state index contributed by atoms with van der Waals surface area (Å²) in [5.74, 6) is 0.105. The van der Waals surface area contributed by atoms with Crippen LogP contribution >= 0.6 is 0 Å². The maximum Gasteiger partial charge on any atom is 0.228 e. The van der Waals surface area contributed by atoms with Crippen LogP contribution in [0, 0.1) is 5.41 Å². The fraction of sp³-hybridized carbons (Fsp3) is 0.588. The average molecular weight is 259 g/mol. The summed E-state index contributed by atoms with van der Waals surface area (Å²) < 4.78 is 0. The van der Waals surface area contributed by atoms with Crippen LogP contribution in [0.3, 0.4) is 0 Å². The normalized spacial score (nSPS) is 19.9. The number of rotatable bonds is 0. The van der Waals surface area contributed by atoms with Crippen LogP contribution in [0.1, 0.15) is 64.2 Å². The first-order valence-corrected chi connectivity index (χ1v) is 7.02. The summed E-state index contributed by atoms with van der Waals surface area (Å²) in [6.45, 7) is 13.7. The Morgan fingerprint density at radius 1 is 1.11 bits per heavy atom. The van der Waals surface area contributed by atoms with Gasteiger partial charge in [0.2, 0.25) is 5.91 Å². The van der Waals surface area contributed by atoms with Crippen molar-refractivity contribution in [2.24, 2.45) is 5.41 Å². The Balaban J connectivity index is 2.51. The second-order valence-electron chi connectivity index (χ2n) is 7.68. The van der Waals surface area contributed by atoms with E-state index in [1.54, 1.807) is 0 Å². The van der Waals surface area contributed by atoms with Crippen molar-refractivity contribution in [2.75, 3.05) is 0 Å². The number of nitrogens with one attached hydrogen (secondary N) is 1. The third-order valence-corrected chi connectivity index (χ3v) is 3.90. The lowest BCUT2D eigenvalue weighted by Crippen LogP contribution is -2.40. The van der Waals surface area contributed by atoms with Crippen LogP contribution < -0.4 is 5.32 Å². The number of hydrogen-bond acceptors (Lipinski definition) is 1. The van der Waals surface area contributed by atoms with Gasteiger partial charge in [-0.3, -0.25) is 4.79 Å². The zero-order valence-corrected chi connectivity index (χ0v) is 12.9. The molecular weight excluding hydrogens is 234 g/mol. The summed E-state index contributed by atoms with van der Waals surface area (Å²) in [5, 5.41) is 3.03. The van der Waals surface area contributed by atoms with E-state index in [9.17, 15) is 4.79 Å². The lowest BCUT2D eigenvalue weighted by Gasteiger charge is -2.35. The van der Waals surface area contributed by atoms with E-state index in [1.807, 2.05) is 0 Å². The smallest absolute Gasteiger partial charge is 0.228 e. The topological polar surface area (TPSA) is 29.1 Å². The molecule has 0 fully saturated rings. The number of fused-ring (bicyclic) bond motifs is 1. The Hall–Kier alpha value is -1.31. The summed E-state index contributed by atoms with van der Waals surface area (Å²) in [4.78, 5) is 12.2. The zero-order valence-electron chi connectivity index (χ0n) is 12.9. The first-order chi connectivity index (χ1) is 8.60. The molecule has 0 spiro atoms. The molecule has 2 heteroatoms. The average Bonchev–Trinajstić information content (AvgIpc) is 2.25. The van der Waals surface area contributed by atoms with Crippen LogP contribution in [-0.2, 0) is 16.8 Å². The molecule has 1 aromatic rings. The standard InChI is InChI=1S/C17H25NO/c1-16(2,3)12-7-8-13-11(9-12)10-18-15(19)14(13)17(4,5)6/h7-9,14H,10H2,1-6H3,(H,18,19). The van der Waals surface area contributed by atoms with Crippen molar-refractivity contribution in [3.05, 3.63) is 34.9 Å². The van der Waals surface area contributed by atoms with E-state index < -0.39 is 0 Å². The van der Waals surface area contributed by atoms with Crippen molar-refractivity contribution in [2.45, 2.75) is 59.4 Å². The van der Waals surface area contributed by atoms with Crippen molar-refractivity contribution in [3.8, 4) is 0 Å². The molecule has 0 saturated heterocycles. The number of carbonyl (C=O) groups is 1. The Kier molecular flexibility index (Phi) is 3.24. The molecule has 1 aliphatic rings. The molecule has 0 aromatic heterocycles. The van der Waals surface area contributed by atoms with Crippen molar-refractivity contribution in [1.82, 2.24) is 5.32 Å². The maximum absolute atomic E-state index is 12.2. The molecule has 0 saturated carbocycles. The Morgan fingerprint density at radius 3 is 2.26 bits per heavy atom. The highest BCUT2D eigenvalue weighted by atomic mass is 16.2. The Bertz CT molecular complexity index is 503. The van der Waals surface area contributed by atoms with Gasteiger partial charge in [-0.1, -0.05) is 59.7 Å². The molecule has 1 N–H and O–H groups in total. The van der Waals surface area contributed by atoms with Crippen LogP contribution in [0.15, 0.2) is 18.2 Å². The number of carbonyl (C=O) groups excluding carboxylic acids is 1.